The Morgan fingerprint density at radius 1 is 1.24 bits per heavy atom. The third-order valence-corrected chi connectivity index (χ3v) is 4.71. The number of imidazole rings is 1. The Labute approximate surface area is 159 Å². The van der Waals surface area contributed by atoms with Gasteiger partial charge >= 0.3 is 0 Å². The number of rotatable bonds is 3. The molecule has 1 aliphatic heterocycles. The average Bonchev–Trinajstić information content (AvgIpc) is 3.36. The summed E-state index contributed by atoms with van der Waals surface area (Å²) in [6.07, 6.45) is 8.04. The van der Waals surface area contributed by atoms with Crippen LogP contribution in [0.4, 0.5) is 0 Å². The van der Waals surface area contributed by atoms with Crippen molar-refractivity contribution in [2.45, 2.75) is 24.8 Å². The lowest BCUT2D eigenvalue weighted by atomic mass is 10.1. The summed E-state index contributed by atoms with van der Waals surface area (Å²) in [6, 6.07) is 3.87. The van der Waals surface area contributed by atoms with Crippen molar-refractivity contribution in [3.05, 3.63) is 47.8 Å². The first-order valence-corrected chi connectivity index (χ1v) is 8.19. The Morgan fingerprint density at radius 2 is 2.04 bits per heavy atom. The molecule has 2 aromatic rings. The first-order valence-electron chi connectivity index (χ1n) is 8.19. The minimum Gasteiger partial charge on any atom is -0.336 e. The summed E-state index contributed by atoms with van der Waals surface area (Å²) in [5.74, 6) is 1.55. The van der Waals surface area contributed by atoms with Crippen LogP contribution in [0.3, 0.4) is 0 Å². The summed E-state index contributed by atoms with van der Waals surface area (Å²) in [4.78, 5) is 23.6. The van der Waals surface area contributed by atoms with Gasteiger partial charge in [-0.3, -0.25) is 9.78 Å². The molecule has 1 unspecified atom stereocenters. The molecule has 1 N–H and O–H groups in total. The van der Waals surface area contributed by atoms with Crippen molar-refractivity contribution in [3.8, 4) is 0 Å². The molecule has 2 aromatic heterocycles. The monoisotopic (exact) mass is 383 g/mol. The number of amides is 1. The number of hydrogen-bond acceptors (Lipinski definition) is 4. The number of nitrogens with zero attached hydrogens (tertiary/aromatic N) is 4. The molecule has 8 heteroatoms. The van der Waals surface area contributed by atoms with E-state index in [1.165, 1.54) is 18.4 Å². The third kappa shape index (κ3) is 3.97. The van der Waals surface area contributed by atoms with E-state index in [1.54, 1.807) is 6.20 Å². The number of nitrogens with one attached hydrogen (secondary N) is 1. The van der Waals surface area contributed by atoms with Crippen molar-refractivity contribution >= 4 is 30.7 Å². The van der Waals surface area contributed by atoms with Crippen molar-refractivity contribution < 1.29 is 4.79 Å². The van der Waals surface area contributed by atoms with Crippen LogP contribution in [-0.2, 0) is 7.05 Å². The summed E-state index contributed by atoms with van der Waals surface area (Å²) in [7, 11) is 1.96. The minimum absolute atomic E-state index is 0. The van der Waals surface area contributed by atoms with E-state index in [-0.39, 0.29) is 36.8 Å². The molecule has 1 aliphatic carbocycles. The van der Waals surface area contributed by atoms with Crippen LogP contribution >= 0.6 is 24.8 Å². The van der Waals surface area contributed by atoms with Crippen molar-refractivity contribution in [3.63, 3.8) is 0 Å². The van der Waals surface area contributed by atoms with E-state index in [9.17, 15) is 4.79 Å². The Hall–Kier alpha value is -1.63. The molecule has 1 amide bonds. The summed E-state index contributed by atoms with van der Waals surface area (Å²) >= 11 is 0. The second-order valence-corrected chi connectivity index (χ2v) is 6.37. The highest BCUT2D eigenvalue weighted by atomic mass is 35.5. The number of hydrogen-bond donors (Lipinski definition) is 1. The number of carbonyl (C=O) groups excluding carboxylic acids is 1. The van der Waals surface area contributed by atoms with Crippen LogP contribution < -0.4 is 5.32 Å². The van der Waals surface area contributed by atoms with Crippen molar-refractivity contribution in [1.29, 1.82) is 0 Å². The van der Waals surface area contributed by atoms with Gasteiger partial charge in [0.2, 0.25) is 0 Å². The smallest absolute Gasteiger partial charge is 0.273 e. The topological polar surface area (TPSA) is 63.1 Å². The van der Waals surface area contributed by atoms with Crippen LogP contribution in [0, 0.1) is 0 Å². The Balaban J connectivity index is 0.00000113. The molecule has 2 aliphatic rings. The fourth-order valence-corrected chi connectivity index (χ4v) is 3.21. The summed E-state index contributed by atoms with van der Waals surface area (Å²) in [6.45, 7) is 2.19. The molecule has 1 atom stereocenters. The first kappa shape index (κ1) is 19.7. The molecule has 0 bridgehead atoms. The van der Waals surface area contributed by atoms with Crippen LogP contribution in [0.1, 0.15) is 46.7 Å². The van der Waals surface area contributed by atoms with E-state index in [0.717, 1.165) is 18.9 Å². The maximum atomic E-state index is 12.9. The van der Waals surface area contributed by atoms with E-state index in [0.29, 0.717) is 18.2 Å². The average molecular weight is 384 g/mol. The summed E-state index contributed by atoms with van der Waals surface area (Å²) in [5.41, 5.74) is 1.78. The van der Waals surface area contributed by atoms with Gasteiger partial charge in [-0.25, -0.2) is 4.98 Å². The molecular weight excluding hydrogens is 361 g/mol. The zero-order valence-corrected chi connectivity index (χ0v) is 15.7. The Bertz CT molecular complexity index is 714. The molecule has 2 fully saturated rings. The molecule has 1 saturated carbocycles. The van der Waals surface area contributed by atoms with Crippen LogP contribution in [0.5, 0.6) is 0 Å². The largest absolute Gasteiger partial charge is 0.336 e. The summed E-state index contributed by atoms with van der Waals surface area (Å²) in [5, 5.41) is 3.35. The lowest BCUT2D eigenvalue weighted by Gasteiger charge is -2.35. The SMILES string of the molecule is Cl.Cl.Cn1ccnc1C1CNCCN1C(=O)c1ccc(C2CC2)cn1. The lowest BCUT2D eigenvalue weighted by Crippen LogP contribution is -2.49. The van der Waals surface area contributed by atoms with Gasteiger partial charge < -0.3 is 14.8 Å². The highest BCUT2D eigenvalue weighted by Gasteiger charge is 2.32. The second-order valence-electron chi connectivity index (χ2n) is 6.37. The van der Waals surface area contributed by atoms with Gasteiger partial charge in [-0.15, -0.1) is 24.8 Å². The van der Waals surface area contributed by atoms with Crippen LogP contribution in [0.2, 0.25) is 0 Å². The molecule has 0 aromatic carbocycles. The molecule has 136 valence electrons. The van der Waals surface area contributed by atoms with Gasteiger partial charge in [0.25, 0.3) is 5.91 Å². The normalized spacial score (nSPS) is 19.7. The molecule has 4 rings (SSSR count). The predicted molar refractivity (Wildman–Crippen MR) is 101 cm³/mol. The fourth-order valence-electron chi connectivity index (χ4n) is 3.21. The quantitative estimate of drug-likeness (QED) is 0.883. The third-order valence-electron chi connectivity index (χ3n) is 4.71. The van der Waals surface area contributed by atoms with E-state index < -0.39 is 0 Å². The van der Waals surface area contributed by atoms with Crippen LogP contribution in [0.25, 0.3) is 0 Å². The highest BCUT2D eigenvalue weighted by molar-refractivity contribution is 5.92. The van der Waals surface area contributed by atoms with Crippen molar-refractivity contribution in [2.75, 3.05) is 19.6 Å². The van der Waals surface area contributed by atoms with Gasteiger partial charge in [0.15, 0.2) is 0 Å². The minimum atomic E-state index is -0.0545. The number of halogens is 2. The number of pyridine rings is 1. The van der Waals surface area contributed by atoms with E-state index in [4.69, 9.17) is 0 Å². The molecule has 3 heterocycles. The molecule has 0 spiro atoms. The standard InChI is InChI=1S/C17H21N5O.2ClH/c1-21-8-7-19-16(21)15-11-18-6-9-22(15)17(23)14-5-4-13(10-20-14)12-2-3-12;;/h4-5,7-8,10,12,15,18H,2-3,6,9,11H2,1H3;2*1H. The van der Waals surface area contributed by atoms with Crippen LogP contribution in [0.15, 0.2) is 30.7 Å². The van der Waals surface area contributed by atoms with Gasteiger partial charge in [-0.2, -0.15) is 0 Å². The lowest BCUT2D eigenvalue weighted by molar-refractivity contribution is 0.0614. The van der Waals surface area contributed by atoms with Gasteiger partial charge in [0, 0.05) is 45.3 Å². The van der Waals surface area contributed by atoms with Crippen LogP contribution in [-0.4, -0.2) is 45.0 Å². The first-order chi connectivity index (χ1) is 11.2. The molecular formula is C17H23Cl2N5O. The van der Waals surface area contributed by atoms with Gasteiger partial charge in [0.1, 0.15) is 17.6 Å². The maximum Gasteiger partial charge on any atom is 0.273 e. The summed E-state index contributed by atoms with van der Waals surface area (Å²) < 4.78 is 1.97. The molecule has 1 saturated heterocycles. The molecule has 25 heavy (non-hydrogen) atoms. The number of piperazine rings is 1. The molecule has 0 radical (unpaired) electrons. The van der Waals surface area contributed by atoms with Gasteiger partial charge in [-0.1, -0.05) is 6.07 Å². The number of aryl methyl sites for hydroxylation is 1. The number of aromatic nitrogens is 3. The van der Waals surface area contributed by atoms with Gasteiger partial charge in [-0.05, 0) is 30.4 Å². The van der Waals surface area contributed by atoms with Gasteiger partial charge in [0.05, 0.1) is 0 Å². The van der Waals surface area contributed by atoms with Crippen molar-refractivity contribution in [1.82, 2.24) is 24.8 Å². The Kier molecular flexibility index (Phi) is 6.43. The van der Waals surface area contributed by atoms with Crippen molar-refractivity contribution in [2.24, 2.45) is 7.05 Å². The zero-order chi connectivity index (χ0) is 15.8. The maximum absolute atomic E-state index is 12.9. The molecule has 6 nitrogen and oxygen atoms in total. The number of carbonyl (C=O) groups is 1. The predicted octanol–water partition coefficient (Wildman–Crippen LogP) is 2.32. The fraction of sp³-hybridized carbons (Fsp3) is 0.471. The van der Waals surface area contributed by atoms with E-state index >= 15 is 0 Å². The van der Waals surface area contributed by atoms with E-state index in [1.807, 2.05) is 35.0 Å². The zero-order valence-electron chi connectivity index (χ0n) is 14.1. The van der Waals surface area contributed by atoms with E-state index in [2.05, 4.69) is 21.4 Å². The second kappa shape index (κ2) is 8.17. The highest BCUT2D eigenvalue weighted by Crippen LogP contribution is 2.39. The Morgan fingerprint density at radius 3 is 2.64 bits per heavy atom.